The van der Waals surface area contributed by atoms with E-state index in [0.29, 0.717) is 6.61 Å². The molecule has 0 bridgehead atoms. The molecular formula is C9H12O. The predicted octanol–water partition coefficient (Wildman–Crippen LogP) is 2.14. The summed E-state index contributed by atoms with van der Waals surface area (Å²) in [4.78, 5) is 0. The van der Waals surface area contributed by atoms with Crippen LogP contribution in [0, 0.1) is 6.92 Å². The van der Waals surface area contributed by atoms with Crippen molar-refractivity contribution < 1.29 is 4.74 Å². The van der Waals surface area contributed by atoms with E-state index in [1.165, 1.54) is 11.1 Å². The molecule has 10 heavy (non-hydrogen) atoms. The van der Waals surface area contributed by atoms with Crippen molar-refractivity contribution in [1.82, 2.24) is 0 Å². The van der Waals surface area contributed by atoms with Crippen molar-refractivity contribution in [2.75, 3.05) is 7.11 Å². The SMILES string of the molecule is COCc1ccc(C)cc1. The maximum Gasteiger partial charge on any atom is 0.0713 e. The molecule has 0 fully saturated rings. The lowest BCUT2D eigenvalue weighted by atomic mass is 10.2. The minimum absolute atomic E-state index is 0.709. The third kappa shape index (κ3) is 1.85. The zero-order valence-electron chi connectivity index (χ0n) is 6.42. The maximum atomic E-state index is 4.97. The molecule has 0 N–H and O–H groups in total. The van der Waals surface area contributed by atoms with E-state index in [9.17, 15) is 0 Å². The second-order valence-corrected chi connectivity index (χ2v) is 2.42. The molecule has 1 rings (SSSR count). The van der Waals surface area contributed by atoms with Crippen molar-refractivity contribution in [2.45, 2.75) is 13.5 Å². The summed E-state index contributed by atoms with van der Waals surface area (Å²) < 4.78 is 4.97. The van der Waals surface area contributed by atoms with Crippen LogP contribution in [-0.2, 0) is 11.3 Å². The third-order valence-corrected chi connectivity index (χ3v) is 1.43. The molecule has 0 unspecified atom stereocenters. The first-order valence-electron chi connectivity index (χ1n) is 3.37. The van der Waals surface area contributed by atoms with Crippen molar-refractivity contribution in [3.8, 4) is 0 Å². The maximum absolute atomic E-state index is 4.97. The van der Waals surface area contributed by atoms with Crippen molar-refractivity contribution in [2.24, 2.45) is 0 Å². The van der Waals surface area contributed by atoms with Gasteiger partial charge in [-0.3, -0.25) is 0 Å². The summed E-state index contributed by atoms with van der Waals surface area (Å²) in [6, 6.07) is 8.35. The Morgan fingerprint density at radius 3 is 2.30 bits per heavy atom. The summed E-state index contributed by atoms with van der Waals surface area (Å²) in [5.74, 6) is 0. The molecule has 0 aliphatic rings. The molecule has 1 aromatic rings. The Labute approximate surface area is 61.6 Å². The average molecular weight is 136 g/mol. The quantitative estimate of drug-likeness (QED) is 0.605. The number of rotatable bonds is 2. The molecule has 54 valence electrons. The van der Waals surface area contributed by atoms with Crippen LogP contribution in [0.15, 0.2) is 24.3 Å². The molecule has 0 atom stereocenters. The monoisotopic (exact) mass is 136 g/mol. The highest BCUT2D eigenvalue weighted by atomic mass is 16.5. The second-order valence-electron chi connectivity index (χ2n) is 2.42. The Hall–Kier alpha value is -0.820. The normalized spacial score (nSPS) is 9.80. The van der Waals surface area contributed by atoms with Crippen molar-refractivity contribution in [3.05, 3.63) is 35.4 Å². The van der Waals surface area contributed by atoms with Gasteiger partial charge in [-0.05, 0) is 12.5 Å². The van der Waals surface area contributed by atoms with E-state index >= 15 is 0 Å². The van der Waals surface area contributed by atoms with E-state index in [4.69, 9.17) is 4.74 Å². The molecule has 0 saturated carbocycles. The van der Waals surface area contributed by atoms with Gasteiger partial charge in [0.1, 0.15) is 0 Å². The zero-order chi connectivity index (χ0) is 7.40. The summed E-state index contributed by atoms with van der Waals surface area (Å²) in [5, 5.41) is 0. The van der Waals surface area contributed by atoms with Gasteiger partial charge in [-0.2, -0.15) is 0 Å². The van der Waals surface area contributed by atoms with Crippen molar-refractivity contribution >= 4 is 0 Å². The first-order valence-corrected chi connectivity index (χ1v) is 3.37. The Morgan fingerprint density at radius 2 is 1.80 bits per heavy atom. The Morgan fingerprint density at radius 1 is 1.20 bits per heavy atom. The first-order chi connectivity index (χ1) is 4.83. The minimum atomic E-state index is 0.709. The average Bonchev–Trinajstić information content (AvgIpc) is 1.95. The topological polar surface area (TPSA) is 9.23 Å². The van der Waals surface area contributed by atoms with Crippen LogP contribution in [-0.4, -0.2) is 7.11 Å². The van der Waals surface area contributed by atoms with E-state index in [2.05, 4.69) is 31.2 Å². The van der Waals surface area contributed by atoms with Gasteiger partial charge < -0.3 is 4.74 Å². The molecule has 0 aliphatic heterocycles. The third-order valence-electron chi connectivity index (χ3n) is 1.43. The molecule has 1 nitrogen and oxygen atoms in total. The van der Waals surface area contributed by atoms with Crippen LogP contribution in [0.25, 0.3) is 0 Å². The van der Waals surface area contributed by atoms with E-state index in [1.54, 1.807) is 7.11 Å². The van der Waals surface area contributed by atoms with Gasteiger partial charge >= 0.3 is 0 Å². The fraction of sp³-hybridized carbons (Fsp3) is 0.333. The predicted molar refractivity (Wildman–Crippen MR) is 41.9 cm³/mol. The standard InChI is InChI=1S/C9H12O/c1-8-3-5-9(6-4-8)7-10-2/h3-6H,7H2,1-2H3. The number of benzene rings is 1. The van der Waals surface area contributed by atoms with Crippen LogP contribution in [0.5, 0.6) is 0 Å². The van der Waals surface area contributed by atoms with Crippen molar-refractivity contribution in [1.29, 1.82) is 0 Å². The smallest absolute Gasteiger partial charge is 0.0713 e. The number of ether oxygens (including phenoxy) is 1. The van der Waals surface area contributed by atoms with Gasteiger partial charge in [-0.15, -0.1) is 0 Å². The van der Waals surface area contributed by atoms with E-state index < -0.39 is 0 Å². The first kappa shape index (κ1) is 7.29. The summed E-state index contributed by atoms with van der Waals surface area (Å²) in [6.45, 7) is 2.79. The summed E-state index contributed by atoms with van der Waals surface area (Å²) >= 11 is 0. The van der Waals surface area contributed by atoms with Gasteiger partial charge in [0.15, 0.2) is 0 Å². The van der Waals surface area contributed by atoms with Gasteiger partial charge in [-0.1, -0.05) is 29.8 Å². The van der Waals surface area contributed by atoms with Crippen LogP contribution in [0.3, 0.4) is 0 Å². The van der Waals surface area contributed by atoms with Crippen LogP contribution in [0.1, 0.15) is 11.1 Å². The Balaban J connectivity index is 2.69. The van der Waals surface area contributed by atoms with Gasteiger partial charge in [0.25, 0.3) is 0 Å². The van der Waals surface area contributed by atoms with Gasteiger partial charge in [0.2, 0.25) is 0 Å². The van der Waals surface area contributed by atoms with Crippen LogP contribution in [0.4, 0.5) is 0 Å². The largest absolute Gasteiger partial charge is 0.380 e. The van der Waals surface area contributed by atoms with Crippen molar-refractivity contribution in [3.63, 3.8) is 0 Å². The lowest BCUT2D eigenvalue weighted by molar-refractivity contribution is 0.185. The van der Waals surface area contributed by atoms with Gasteiger partial charge in [0, 0.05) is 7.11 Å². The molecule has 0 heterocycles. The van der Waals surface area contributed by atoms with Crippen LogP contribution in [0.2, 0.25) is 0 Å². The molecule has 0 aromatic heterocycles. The second kappa shape index (κ2) is 3.37. The number of hydrogen-bond acceptors (Lipinski definition) is 1. The molecule has 0 radical (unpaired) electrons. The minimum Gasteiger partial charge on any atom is -0.380 e. The highest BCUT2D eigenvalue weighted by Crippen LogP contribution is 2.03. The van der Waals surface area contributed by atoms with Gasteiger partial charge in [-0.25, -0.2) is 0 Å². The lowest BCUT2D eigenvalue weighted by Crippen LogP contribution is -1.85. The molecule has 1 aromatic carbocycles. The molecule has 0 aliphatic carbocycles. The molecule has 0 amide bonds. The number of methoxy groups -OCH3 is 1. The fourth-order valence-electron chi connectivity index (χ4n) is 0.851. The van der Waals surface area contributed by atoms with Crippen LogP contribution >= 0.6 is 0 Å². The molecule has 0 saturated heterocycles. The Bertz CT molecular complexity index is 188. The molecule has 1 heteroatoms. The molecule has 0 spiro atoms. The highest BCUT2D eigenvalue weighted by Gasteiger charge is 1.88. The van der Waals surface area contributed by atoms with E-state index in [-0.39, 0.29) is 0 Å². The summed E-state index contributed by atoms with van der Waals surface area (Å²) in [5.41, 5.74) is 2.52. The number of hydrogen-bond donors (Lipinski definition) is 0. The lowest BCUT2D eigenvalue weighted by Gasteiger charge is -1.98. The summed E-state index contributed by atoms with van der Waals surface area (Å²) in [6.07, 6.45) is 0. The van der Waals surface area contributed by atoms with Crippen LogP contribution < -0.4 is 0 Å². The van der Waals surface area contributed by atoms with E-state index in [1.807, 2.05) is 0 Å². The summed E-state index contributed by atoms with van der Waals surface area (Å²) in [7, 11) is 1.71. The van der Waals surface area contributed by atoms with E-state index in [0.717, 1.165) is 0 Å². The zero-order valence-corrected chi connectivity index (χ0v) is 6.42. The fourth-order valence-corrected chi connectivity index (χ4v) is 0.851. The highest BCUT2D eigenvalue weighted by molar-refractivity contribution is 5.20. The Kier molecular flexibility index (Phi) is 2.46. The molecular weight excluding hydrogens is 124 g/mol. The van der Waals surface area contributed by atoms with Gasteiger partial charge in [0.05, 0.1) is 6.61 Å². The number of aryl methyl sites for hydroxylation is 1.